The van der Waals surface area contributed by atoms with E-state index in [9.17, 15) is 0 Å². The van der Waals surface area contributed by atoms with E-state index in [0.717, 1.165) is 0 Å². The van der Waals surface area contributed by atoms with Crippen molar-refractivity contribution in [3.8, 4) is 0 Å². The van der Waals surface area contributed by atoms with Crippen LogP contribution in [0.15, 0.2) is 0 Å². The fourth-order valence-corrected chi connectivity index (χ4v) is 4.26. The van der Waals surface area contributed by atoms with Gasteiger partial charge in [-0.1, -0.05) is 84.9 Å². The molecule has 0 aliphatic heterocycles. The van der Waals surface area contributed by atoms with Gasteiger partial charge in [0.15, 0.2) is 0 Å². The van der Waals surface area contributed by atoms with E-state index in [2.05, 4.69) is 104 Å². The van der Waals surface area contributed by atoms with Crippen LogP contribution in [0.4, 0.5) is 0 Å². The summed E-state index contributed by atoms with van der Waals surface area (Å²) in [7, 11) is 2.08. The van der Waals surface area contributed by atoms with Gasteiger partial charge in [-0.3, -0.25) is 0 Å². The summed E-state index contributed by atoms with van der Waals surface area (Å²) < 4.78 is 0.245. The van der Waals surface area contributed by atoms with Crippen molar-refractivity contribution in [1.29, 1.82) is 0 Å². The van der Waals surface area contributed by atoms with Crippen molar-refractivity contribution in [2.75, 3.05) is 7.05 Å². The maximum atomic E-state index is 3.49. The molecule has 19 heavy (non-hydrogen) atoms. The fraction of sp³-hybridized carbons (Fsp3) is 1.00. The first-order valence-electron chi connectivity index (χ1n) is 7.54. The Labute approximate surface area is 135 Å². The monoisotopic (exact) mass is 381 g/mol. The summed E-state index contributed by atoms with van der Waals surface area (Å²) in [6, 6.07) is 0.484. The Morgan fingerprint density at radius 3 is 1.42 bits per heavy atom. The van der Waals surface area contributed by atoms with Crippen molar-refractivity contribution in [3.05, 3.63) is 0 Å². The van der Waals surface area contributed by atoms with Gasteiger partial charge < -0.3 is 5.32 Å². The van der Waals surface area contributed by atoms with Gasteiger partial charge in [0.25, 0.3) is 0 Å². The Hall–Kier alpha value is 0.690. The van der Waals surface area contributed by atoms with Gasteiger partial charge in [-0.25, -0.2) is 0 Å². The summed E-state index contributed by atoms with van der Waals surface area (Å²) in [5.41, 5.74) is 0.665. The molecule has 0 heterocycles. The van der Waals surface area contributed by atoms with E-state index in [1.807, 2.05) is 0 Å². The lowest BCUT2D eigenvalue weighted by molar-refractivity contribution is -0.102. The smallest absolute Gasteiger partial charge is 0.0222 e. The number of halogens is 1. The first kappa shape index (κ1) is 19.7. The molecule has 1 nitrogen and oxygen atoms in total. The van der Waals surface area contributed by atoms with E-state index < -0.39 is 0 Å². The van der Waals surface area contributed by atoms with E-state index >= 15 is 0 Å². The molecule has 0 bridgehead atoms. The number of nitrogens with one attached hydrogen (secondary N) is 1. The molecule has 0 spiro atoms. The Bertz CT molecular complexity index is 299. The summed E-state index contributed by atoms with van der Waals surface area (Å²) in [6.07, 6.45) is 0. The molecule has 0 saturated carbocycles. The van der Waals surface area contributed by atoms with Gasteiger partial charge in [0.05, 0.1) is 0 Å². The molecule has 0 amide bonds. The minimum Gasteiger partial charge on any atom is -0.317 e. The van der Waals surface area contributed by atoms with E-state index in [4.69, 9.17) is 0 Å². The zero-order valence-corrected chi connectivity index (χ0v) is 17.2. The average molecular weight is 381 g/mol. The van der Waals surface area contributed by atoms with Crippen LogP contribution in [0, 0.1) is 22.2 Å². The van der Waals surface area contributed by atoms with E-state index in [1.54, 1.807) is 0 Å². The molecular formula is C17H36IN. The molecule has 0 rings (SSSR count). The highest BCUT2D eigenvalue weighted by Gasteiger charge is 2.59. The predicted octanol–water partition coefficient (Wildman–Crippen LogP) is 5.52. The third kappa shape index (κ3) is 3.00. The summed E-state index contributed by atoms with van der Waals surface area (Å²) in [6.45, 7) is 24.1. The zero-order chi connectivity index (χ0) is 15.9. The molecule has 0 aromatic heterocycles. The largest absolute Gasteiger partial charge is 0.317 e. The second kappa shape index (κ2) is 5.82. The van der Waals surface area contributed by atoms with Crippen LogP contribution in [0.3, 0.4) is 0 Å². The van der Waals surface area contributed by atoms with Gasteiger partial charge in [-0.05, 0) is 36.1 Å². The van der Waals surface area contributed by atoms with Crippen LogP contribution >= 0.6 is 22.6 Å². The topological polar surface area (TPSA) is 12.0 Å². The van der Waals surface area contributed by atoms with Crippen LogP contribution in [0.25, 0.3) is 0 Å². The van der Waals surface area contributed by atoms with Crippen molar-refractivity contribution in [2.45, 2.75) is 78.7 Å². The molecule has 0 aromatic rings. The van der Waals surface area contributed by atoms with Gasteiger partial charge in [-0.15, -0.1) is 0 Å². The maximum Gasteiger partial charge on any atom is 0.0222 e. The molecule has 0 aromatic carbocycles. The van der Waals surface area contributed by atoms with Crippen LogP contribution in [0.5, 0.6) is 0 Å². The second-order valence-electron chi connectivity index (χ2n) is 8.19. The van der Waals surface area contributed by atoms with E-state index in [1.165, 1.54) is 0 Å². The van der Waals surface area contributed by atoms with Gasteiger partial charge in [0.1, 0.15) is 0 Å². The molecule has 0 fully saturated rings. The molecular weight excluding hydrogens is 345 g/mol. The first-order chi connectivity index (χ1) is 8.17. The van der Waals surface area contributed by atoms with Crippen molar-refractivity contribution < 1.29 is 0 Å². The molecule has 0 saturated heterocycles. The highest BCUT2D eigenvalue weighted by Crippen LogP contribution is 2.63. The third-order valence-electron chi connectivity index (χ3n) is 6.79. The van der Waals surface area contributed by atoms with Crippen molar-refractivity contribution in [3.63, 3.8) is 0 Å². The first-order valence-corrected chi connectivity index (χ1v) is 8.62. The van der Waals surface area contributed by atoms with Crippen LogP contribution in [-0.4, -0.2) is 16.5 Å². The number of hydrogen-bond donors (Lipinski definition) is 1. The van der Waals surface area contributed by atoms with E-state index in [0.29, 0.717) is 12.0 Å². The van der Waals surface area contributed by atoms with Gasteiger partial charge in [0, 0.05) is 9.46 Å². The Morgan fingerprint density at radius 2 is 1.21 bits per heavy atom. The highest BCUT2D eigenvalue weighted by atomic mass is 127. The number of rotatable bonds is 6. The van der Waals surface area contributed by atoms with Crippen molar-refractivity contribution in [1.82, 2.24) is 5.32 Å². The molecule has 2 heteroatoms. The Morgan fingerprint density at radius 1 is 0.842 bits per heavy atom. The van der Waals surface area contributed by atoms with Crippen molar-refractivity contribution >= 4 is 22.6 Å². The highest BCUT2D eigenvalue weighted by molar-refractivity contribution is 14.1. The summed E-state index contributed by atoms with van der Waals surface area (Å²) in [4.78, 5) is 0. The molecule has 2 atom stereocenters. The van der Waals surface area contributed by atoms with Gasteiger partial charge >= 0.3 is 0 Å². The number of hydrogen-bond acceptors (Lipinski definition) is 1. The number of alkyl halides is 1. The SMILES string of the molecule is CN[C@H](C)C(C)(C)C(C)(C(C)C)C(C)(C)C(C)(C)I. The fourth-order valence-electron chi connectivity index (χ4n) is 3.70. The molecule has 0 aliphatic carbocycles. The second-order valence-corrected chi connectivity index (χ2v) is 10.9. The summed E-state index contributed by atoms with van der Waals surface area (Å²) in [5.74, 6) is 0.627. The van der Waals surface area contributed by atoms with E-state index in [-0.39, 0.29) is 19.7 Å². The van der Waals surface area contributed by atoms with Gasteiger partial charge in [0.2, 0.25) is 0 Å². The molecule has 1 unspecified atom stereocenters. The predicted molar refractivity (Wildman–Crippen MR) is 97.1 cm³/mol. The van der Waals surface area contributed by atoms with Crippen molar-refractivity contribution in [2.24, 2.45) is 22.2 Å². The van der Waals surface area contributed by atoms with Crippen LogP contribution < -0.4 is 5.32 Å². The Kier molecular flexibility index (Phi) is 6.04. The minimum atomic E-state index is 0.210. The lowest BCUT2D eigenvalue weighted by Crippen LogP contribution is -2.61. The summed E-state index contributed by atoms with van der Waals surface area (Å²) in [5, 5.41) is 3.49. The lowest BCUT2D eigenvalue weighted by Gasteiger charge is -2.62. The quantitative estimate of drug-likeness (QED) is 0.472. The molecule has 0 aliphatic rings. The van der Waals surface area contributed by atoms with Crippen LogP contribution in [-0.2, 0) is 0 Å². The van der Waals surface area contributed by atoms with Gasteiger partial charge in [-0.2, -0.15) is 0 Å². The third-order valence-corrected chi connectivity index (χ3v) is 8.14. The molecule has 116 valence electrons. The van der Waals surface area contributed by atoms with Crippen LogP contribution in [0.1, 0.15) is 69.2 Å². The Balaban J connectivity index is 6.04. The normalized spacial score (nSPS) is 19.4. The average Bonchev–Trinajstić information content (AvgIpc) is 2.24. The zero-order valence-electron chi connectivity index (χ0n) is 15.0. The lowest BCUT2D eigenvalue weighted by atomic mass is 9.45. The minimum absolute atomic E-state index is 0.210. The molecule has 1 N–H and O–H groups in total. The maximum absolute atomic E-state index is 3.49. The summed E-state index contributed by atoms with van der Waals surface area (Å²) >= 11 is 2.63. The standard InChI is InChI=1S/C17H36IN/c1-12(2)17(10,14(4,5)13(3)19-11)15(6,7)16(8,9)18/h12-13,19H,1-11H3/t13-,17?/m1/s1. The van der Waals surface area contributed by atoms with Crippen LogP contribution in [0.2, 0.25) is 0 Å². The molecule has 0 radical (unpaired) electrons.